The summed E-state index contributed by atoms with van der Waals surface area (Å²) in [6.07, 6.45) is 7.89. The van der Waals surface area contributed by atoms with Gasteiger partial charge in [-0.3, -0.25) is 9.59 Å². The summed E-state index contributed by atoms with van der Waals surface area (Å²) in [6.45, 7) is 6.85. The van der Waals surface area contributed by atoms with Crippen LogP contribution in [-0.2, 0) is 27.2 Å². The minimum atomic E-state index is -1.04. The van der Waals surface area contributed by atoms with E-state index in [0.29, 0.717) is 25.9 Å². The summed E-state index contributed by atoms with van der Waals surface area (Å²) in [5.74, 6) is -0.836. The van der Waals surface area contributed by atoms with E-state index in [0.717, 1.165) is 69.5 Å². The van der Waals surface area contributed by atoms with Crippen molar-refractivity contribution < 1.29 is 24.6 Å². The van der Waals surface area contributed by atoms with Crippen LogP contribution in [-0.4, -0.2) is 70.2 Å². The van der Waals surface area contributed by atoms with E-state index in [1.54, 1.807) is 0 Å². The van der Waals surface area contributed by atoms with Crippen molar-refractivity contribution in [2.24, 2.45) is 5.92 Å². The highest BCUT2D eigenvalue weighted by Crippen LogP contribution is 2.20. The molecule has 4 N–H and O–H groups in total. The van der Waals surface area contributed by atoms with Crippen molar-refractivity contribution in [2.45, 2.75) is 90.5 Å². The van der Waals surface area contributed by atoms with Gasteiger partial charge in [0, 0.05) is 31.6 Å². The van der Waals surface area contributed by atoms with Crippen LogP contribution >= 0.6 is 0 Å². The molecule has 0 radical (unpaired) electrons. The first kappa shape index (κ1) is 29.5. The monoisotopic (exact) mass is 504 g/mol. The Morgan fingerprint density at radius 2 is 1.83 bits per heavy atom. The van der Waals surface area contributed by atoms with Crippen molar-refractivity contribution >= 4 is 23.7 Å². The Balaban J connectivity index is 1.84. The maximum Gasteiger partial charge on any atom is 0.326 e. The van der Waals surface area contributed by atoms with Crippen molar-refractivity contribution in [3.8, 4) is 0 Å². The molecule has 0 spiro atoms. The van der Waals surface area contributed by atoms with Gasteiger partial charge in [0.2, 0.25) is 5.91 Å². The molecular weight excluding hydrogens is 460 g/mol. The summed E-state index contributed by atoms with van der Waals surface area (Å²) in [5.41, 5.74) is 2.33. The molecule has 0 saturated heterocycles. The average molecular weight is 505 g/mol. The van der Waals surface area contributed by atoms with Gasteiger partial charge in [0.25, 0.3) is 0 Å². The number of nitrogens with zero attached hydrogens (tertiary/aromatic N) is 2. The highest BCUT2D eigenvalue weighted by molar-refractivity contribution is 5.83. The number of hydrogen-bond acceptors (Lipinski definition) is 6. The smallest absolute Gasteiger partial charge is 0.326 e. The van der Waals surface area contributed by atoms with Crippen LogP contribution < -0.4 is 10.6 Å². The second kappa shape index (κ2) is 16.1. The topological polar surface area (TPSA) is 132 Å². The third-order valence-corrected chi connectivity index (χ3v) is 6.97. The highest BCUT2D eigenvalue weighted by Gasteiger charge is 2.22. The fourth-order valence-electron chi connectivity index (χ4n) is 4.60. The second-order valence-corrected chi connectivity index (χ2v) is 9.77. The Labute approximate surface area is 215 Å². The van der Waals surface area contributed by atoms with Crippen molar-refractivity contribution in [3.63, 3.8) is 0 Å². The van der Waals surface area contributed by atoms with Crippen LogP contribution in [0.5, 0.6) is 0 Å². The number of carbonyl (C=O) groups is 3. The first-order valence-electron chi connectivity index (χ1n) is 13.5. The number of aryl methyl sites for hydroxylation is 2. The van der Waals surface area contributed by atoms with Gasteiger partial charge in [0.1, 0.15) is 11.9 Å². The van der Waals surface area contributed by atoms with Gasteiger partial charge in [-0.25, -0.2) is 9.78 Å². The first-order valence-corrected chi connectivity index (χ1v) is 13.5. The van der Waals surface area contributed by atoms with Crippen molar-refractivity contribution in [1.82, 2.24) is 15.2 Å². The fourth-order valence-corrected chi connectivity index (χ4v) is 4.60. The molecule has 1 atom stereocenters. The maximum absolute atomic E-state index is 12.3. The van der Waals surface area contributed by atoms with E-state index >= 15 is 0 Å². The van der Waals surface area contributed by atoms with Gasteiger partial charge in [-0.15, -0.1) is 0 Å². The third-order valence-electron chi connectivity index (χ3n) is 6.97. The standard InChI is InChI=1S/C27H44N4O5/c1-3-20(4-2)19-24(32)30-23(27(35)36)14-18-31(17-8-11-25(33)34)16-6-5-10-22-13-12-21-9-7-15-28-26(21)29-22/h12-13,20,23H,3-11,14-19H2,1-2H3,(H,28,29)(H,30,32)(H,33,34)(H,35,36). The number of rotatable bonds is 18. The van der Waals surface area contributed by atoms with Crippen LogP contribution in [0.3, 0.4) is 0 Å². The lowest BCUT2D eigenvalue weighted by atomic mass is 9.99. The molecule has 2 heterocycles. The van der Waals surface area contributed by atoms with Gasteiger partial charge in [-0.05, 0) is 75.6 Å². The normalized spacial score (nSPS) is 13.8. The van der Waals surface area contributed by atoms with E-state index in [9.17, 15) is 19.5 Å². The molecule has 1 aromatic rings. The van der Waals surface area contributed by atoms with Crippen LogP contribution in [0.25, 0.3) is 0 Å². The highest BCUT2D eigenvalue weighted by atomic mass is 16.4. The summed E-state index contributed by atoms with van der Waals surface area (Å²) in [7, 11) is 0. The number of aromatic nitrogens is 1. The van der Waals surface area contributed by atoms with E-state index in [2.05, 4.69) is 27.7 Å². The van der Waals surface area contributed by atoms with Crippen molar-refractivity contribution in [2.75, 3.05) is 31.5 Å². The van der Waals surface area contributed by atoms with Gasteiger partial charge in [0.05, 0.1) is 0 Å². The van der Waals surface area contributed by atoms with E-state index in [1.807, 2.05) is 13.8 Å². The van der Waals surface area contributed by atoms with Crippen LogP contribution in [0.4, 0.5) is 5.82 Å². The van der Waals surface area contributed by atoms with E-state index in [-0.39, 0.29) is 24.7 Å². The number of nitrogens with one attached hydrogen (secondary N) is 2. The first-order chi connectivity index (χ1) is 17.3. The summed E-state index contributed by atoms with van der Waals surface area (Å²) in [4.78, 5) is 41.9. The molecule has 1 unspecified atom stereocenters. The van der Waals surface area contributed by atoms with Crippen LogP contribution in [0.2, 0.25) is 0 Å². The number of aliphatic carboxylic acids is 2. The molecule has 36 heavy (non-hydrogen) atoms. The molecule has 0 bridgehead atoms. The average Bonchev–Trinajstić information content (AvgIpc) is 2.86. The molecule has 202 valence electrons. The van der Waals surface area contributed by atoms with Gasteiger partial charge in [-0.1, -0.05) is 32.8 Å². The number of carboxylic acid groups (broad SMARTS) is 2. The second-order valence-electron chi connectivity index (χ2n) is 9.77. The zero-order chi connectivity index (χ0) is 26.3. The van der Waals surface area contributed by atoms with Crippen molar-refractivity contribution in [3.05, 3.63) is 23.4 Å². The molecule has 9 nitrogen and oxygen atoms in total. The number of pyridine rings is 1. The van der Waals surface area contributed by atoms with Gasteiger partial charge in [0.15, 0.2) is 0 Å². The molecule has 2 rings (SSSR count). The summed E-state index contributed by atoms with van der Waals surface area (Å²) in [6, 6.07) is 3.31. The molecular formula is C27H44N4O5. The number of unbranched alkanes of at least 4 members (excludes halogenated alkanes) is 1. The van der Waals surface area contributed by atoms with E-state index in [4.69, 9.17) is 10.1 Å². The number of amides is 1. The summed E-state index contributed by atoms with van der Waals surface area (Å²) < 4.78 is 0. The largest absolute Gasteiger partial charge is 0.481 e. The van der Waals surface area contributed by atoms with Crippen LogP contribution in [0, 0.1) is 5.92 Å². The van der Waals surface area contributed by atoms with E-state index in [1.165, 1.54) is 5.56 Å². The molecule has 1 amide bonds. The quantitative estimate of drug-likeness (QED) is 0.223. The number of carbonyl (C=O) groups excluding carboxylic acids is 1. The maximum atomic E-state index is 12.3. The lowest BCUT2D eigenvalue weighted by Crippen LogP contribution is -2.43. The minimum absolute atomic E-state index is 0.0804. The number of hydrogen-bond donors (Lipinski definition) is 4. The Kier molecular flexibility index (Phi) is 13.2. The molecule has 1 aliphatic heterocycles. The predicted octanol–water partition coefficient (Wildman–Crippen LogP) is 3.72. The van der Waals surface area contributed by atoms with Gasteiger partial charge >= 0.3 is 11.9 Å². The number of fused-ring (bicyclic) bond motifs is 1. The summed E-state index contributed by atoms with van der Waals surface area (Å²) in [5, 5.41) is 24.7. The van der Waals surface area contributed by atoms with E-state index < -0.39 is 18.0 Å². The van der Waals surface area contributed by atoms with Crippen LogP contribution in [0.15, 0.2) is 12.1 Å². The number of anilines is 1. The molecule has 0 aromatic carbocycles. The zero-order valence-electron chi connectivity index (χ0n) is 21.9. The van der Waals surface area contributed by atoms with Gasteiger partial charge < -0.3 is 25.7 Å². The molecule has 1 aromatic heterocycles. The Bertz CT molecular complexity index is 843. The van der Waals surface area contributed by atoms with Crippen molar-refractivity contribution in [1.29, 1.82) is 0 Å². The minimum Gasteiger partial charge on any atom is -0.481 e. The number of carboxylic acids is 2. The lowest BCUT2D eigenvalue weighted by molar-refractivity contribution is -0.142. The summed E-state index contributed by atoms with van der Waals surface area (Å²) >= 11 is 0. The van der Waals surface area contributed by atoms with Gasteiger partial charge in [-0.2, -0.15) is 0 Å². The fraction of sp³-hybridized carbons (Fsp3) is 0.704. The molecule has 0 fully saturated rings. The zero-order valence-corrected chi connectivity index (χ0v) is 21.9. The molecule has 1 aliphatic rings. The Morgan fingerprint density at radius 3 is 2.53 bits per heavy atom. The molecule has 9 heteroatoms. The SMILES string of the molecule is CCC(CC)CC(=O)NC(CCN(CCCCc1ccc2c(n1)NCCC2)CCCC(=O)O)C(=O)O. The molecule has 0 aliphatic carbocycles. The Hall–Kier alpha value is -2.68. The molecule has 0 saturated carbocycles. The Morgan fingerprint density at radius 1 is 1.08 bits per heavy atom. The lowest BCUT2D eigenvalue weighted by Gasteiger charge is -2.24. The predicted molar refractivity (Wildman–Crippen MR) is 140 cm³/mol. The van der Waals surface area contributed by atoms with Crippen LogP contribution in [0.1, 0.15) is 82.9 Å². The third kappa shape index (κ3) is 10.9.